The van der Waals surface area contributed by atoms with Gasteiger partial charge in [0.1, 0.15) is 0 Å². The third-order valence-electron chi connectivity index (χ3n) is 3.87. The van der Waals surface area contributed by atoms with Gasteiger partial charge in [0.05, 0.1) is 0 Å². The third-order valence-corrected chi connectivity index (χ3v) is 4.56. The Hall–Kier alpha value is -1.41. The van der Waals surface area contributed by atoms with E-state index in [0.29, 0.717) is 5.92 Å². The van der Waals surface area contributed by atoms with Gasteiger partial charge in [-0.1, -0.05) is 58.7 Å². The number of hydrogen-bond acceptors (Lipinski definition) is 1. The van der Waals surface area contributed by atoms with E-state index >= 15 is 0 Å². The van der Waals surface area contributed by atoms with Crippen molar-refractivity contribution >= 4 is 21.7 Å². The minimum absolute atomic E-state index is 0.120. The van der Waals surface area contributed by atoms with E-state index in [1.54, 1.807) is 0 Å². The summed E-state index contributed by atoms with van der Waals surface area (Å²) in [5.74, 6) is 0.692. The van der Waals surface area contributed by atoms with Crippen LogP contribution in [0, 0.1) is 0 Å². The van der Waals surface area contributed by atoms with Crippen LogP contribution in [0.5, 0.6) is 0 Å². The zero-order chi connectivity index (χ0) is 13.2. The molecule has 0 amide bonds. The molecule has 0 aromatic heterocycles. The van der Waals surface area contributed by atoms with Gasteiger partial charge in [-0.05, 0) is 36.5 Å². The number of rotatable bonds is 3. The molecule has 0 unspecified atom stereocenters. The number of halogens is 1. The van der Waals surface area contributed by atoms with Crippen LogP contribution in [-0.4, -0.2) is 5.78 Å². The lowest BCUT2D eigenvalue weighted by Gasteiger charge is -2.27. The maximum atomic E-state index is 12.7. The van der Waals surface area contributed by atoms with Crippen LogP contribution in [-0.2, 0) is 0 Å². The predicted molar refractivity (Wildman–Crippen MR) is 80.6 cm³/mol. The summed E-state index contributed by atoms with van der Waals surface area (Å²) in [6, 6.07) is 15.7. The Morgan fingerprint density at radius 3 is 2.21 bits per heavy atom. The molecular weight excluding hydrogens is 300 g/mol. The molecule has 0 N–H and O–H groups in total. The van der Waals surface area contributed by atoms with E-state index in [2.05, 4.69) is 22.0 Å². The van der Waals surface area contributed by atoms with Crippen LogP contribution in [0.1, 0.15) is 46.7 Å². The second-order valence-electron chi connectivity index (χ2n) is 5.02. The first-order chi connectivity index (χ1) is 9.27. The van der Waals surface area contributed by atoms with Crippen LogP contribution in [0.15, 0.2) is 53.0 Å². The SMILES string of the molecule is O=C(c1ccccc1Br)c1ccccc1C1CCC1. The number of hydrogen-bond donors (Lipinski definition) is 0. The van der Waals surface area contributed by atoms with Crippen LogP contribution in [0.25, 0.3) is 0 Å². The normalized spacial score (nSPS) is 15.0. The van der Waals surface area contributed by atoms with Gasteiger partial charge in [-0.15, -0.1) is 0 Å². The molecule has 1 aliphatic carbocycles. The fourth-order valence-electron chi connectivity index (χ4n) is 2.57. The van der Waals surface area contributed by atoms with Crippen molar-refractivity contribution in [3.05, 3.63) is 69.7 Å². The number of carbonyl (C=O) groups excluding carboxylic acids is 1. The average Bonchev–Trinajstić information content (AvgIpc) is 2.37. The minimum Gasteiger partial charge on any atom is -0.289 e. The number of benzene rings is 2. The maximum absolute atomic E-state index is 12.7. The molecule has 0 atom stereocenters. The van der Waals surface area contributed by atoms with Crippen LogP contribution in [0.2, 0.25) is 0 Å². The molecule has 0 bridgehead atoms. The number of ketones is 1. The molecule has 3 rings (SSSR count). The molecule has 2 heteroatoms. The lowest BCUT2D eigenvalue weighted by atomic mass is 9.77. The van der Waals surface area contributed by atoms with Gasteiger partial charge in [0.2, 0.25) is 0 Å². The number of carbonyl (C=O) groups is 1. The van der Waals surface area contributed by atoms with Gasteiger partial charge in [0.25, 0.3) is 0 Å². The molecule has 2 aromatic rings. The first kappa shape index (κ1) is 12.6. The fraction of sp³-hybridized carbons (Fsp3) is 0.235. The topological polar surface area (TPSA) is 17.1 Å². The molecule has 0 radical (unpaired) electrons. The standard InChI is InChI=1S/C17H15BrO/c18-16-11-4-3-10-15(16)17(19)14-9-2-1-8-13(14)12-6-5-7-12/h1-4,8-12H,5-7H2. The van der Waals surface area contributed by atoms with Gasteiger partial charge in [0, 0.05) is 15.6 Å². The Morgan fingerprint density at radius 1 is 0.947 bits per heavy atom. The van der Waals surface area contributed by atoms with Crippen molar-refractivity contribution in [1.29, 1.82) is 0 Å². The smallest absolute Gasteiger partial charge is 0.194 e. The summed E-state index contributed by atoms with van der Waals surface area (Å²) in [5, 5.41) is 0. The van der Waals surface area contributed by atoms with Crippen molar-refractivity contribution < 1.29 is 4.79 Å². The lowest BCUT2D eigenvalue weighted by Crippen LogP contribution is -2.14. The van der Waals surface area contributed by atoms with Crippen molar-refractivity contribution in [2.45, 2.75) is 25.2 Å². The van der Waals surface area contributed by atoms with Crippen molar-refractivity contribution in [2.75, 3.05) is 0 Å². The average molecular weight is 315 g/mol. The first-order valence-electron chi connectivity index (χ1n) is 6.65. The molecule has 0 spiro atoms. The summed E-state index contributed by atoms with van der Waals surface area (Å²) in [7, 11) is 0. The maximum Gasteiger partial charge on any atom is 0.194 e. The van der Waals surface area contributed by atoms with Gasteiger partial charge < -0.3 is 0 Å². The molecule has 1 fully saturated rings. The molecule has 1 saturated carbocycles. The summed E-state index contributed by atoms with van der Waals surface area (Å²) in [6.45, 7) is 0. The van der Waals surface area contributed by atoms with Gasteiger partial charge in [-0.25, -0.2) is 0 Å². The molecule has 0 saturated heterocycles. The second-order valence-corrected chi connectivity index (χ2v) is 5.88. The quantitative estimate of drug-likeness (QED) is 0.733. The monoisotopic (exact) mass is 314 g/mol. The van der Waals surface area contributed by atoms with E-state index in [1.807, 2.05) is 42.5 Å². The highest BCUT2D eigenvalue weighted by molar-refractivity contribution is 9.10. The summed E-state index contributed by atoms with van der Waals surface area (Å²) >= 11 is 3.47. The Bertz CT molecular complexity index is 614. The van der Waals surface area contributed by atoms with Crippen molar-refractivity contribution in [1.82, 2.24) is 0 Å². The van der Waals surface area contributed by atoms with E-state index in [1.165, 1.54) is 24.8 Å². The molecule has 96 valence electrons. The van der Waals surface area contributed by atoms with E-state index in [9.17, 15) is 4.79 Å². The van der Waals surface area contributed by atoms with Crippen LogP contribution in [0.4, 0.5) is 0 Å². The Kier molecular flexibility index (Phi) is 3.52. The minimum atomic E-state index is 0.120. The summed E-state index contributed by atoms with van der Waals surface area (Å²) in [5.41, 5.74) is 2.82. The zero-order valence-electron chi connectivity index (χ0n) is 10.6. The Morgan fingerprint density at radius 2 is 1.58 bits per heavy atom. The Labute approximate surface area is 121 Å². The summed E-state index contributed by atoms with van der Waals surface area (Å²) < 4.78 is 0.864. The lowest BCUT2D eigenvalue weighted by molar-refractivity contribution is 0.103. The molecule has 1 nitrogen and oxygen atoms in total. The largest absolute Gasteiger partial charge is 0.289 e. The van der Waals surface area contributed by atoms with E-state index in [0.717, 1.165) is 15.6 Å². The third kappa shape index (κ3) is 2.37. The first-order valence-corrected chi connectivity index (χ1v) is 7.45. The van der Waals surface area contributed by atoms with Crippen molar-refractivity contribution in [2.24, 2.45) is 0 Å². The molecule has 0 aliphatic heterocycles. The van der Waals surface area contributed by atoms with Crippen molar-refractivity contribution in [3.8, 4) is 0 Å². The second kappa shape index (κ2) is 5.30. The summed E-state index contributed by atoms with van der Waals surface area (Å²) in [4.78, 5) is 12.7. The Balaban J connectivity index is 2.02. The predicted octanol–water partition coefficient (Wildman–Crippen LogP) is 4.95. The highest BCUT2D eigenvalue weighted by Gasteiger charge is 2.25. The van der Waals surface area contributed by atoms with Crippen LogP contribution in [0.3, 0.4) is 0 Å². The van der Waals surface area contributed by atoms with Gasteiger partial charge in [0.15, 0.2) is 5.78 Å². The van der Waals surface area contributed by atoms with E-state index in [-0.39, 0.29) is 5.78 Å². The van der Waals surface area contributed by atoms with Gasteiger partial charge in [-0.3, -0.25) is 4.79 Å². The fourth-order valence-corrected chi connectivity index (χ4v) is 3.03. The van der Waals surface area contributed by atoms with Crippen LogP contribution >= 0.6 is 15.9 Å². The molecule has 0 heterocycles. The zero-order valence-corrected chi connectivity index (χ0v) is 12.2. The molecular formula is C17H15BrO. The highest BCUT2D eigenvalue weighted by atomic mass is 79.9. The molecule has 1 aliphatic rings. The van der Waals surface area contributed by atoms with Crippen LogP contribution < -0.4 is 0 Å². The molecule has 19 heavy (non-hydrogen) atoms. The van der Waals surface area contributed by atoms with E-state index < -0.39 is 0 Å². The van der Waals surface area contributed by atoms with Gasteiger partial charge >= 0.3 is 0 Å². The van der Waals surface area contributed by atoms with Crippen molar-refractivity contribution in [3.63, 3.8) is 0 Å². The van der Waals surface area contributed by atoms with E-state index in [4.69, 9.17) is 0 Å². The van der Waals surface area contributed by atoms with Gasteiger partial charge in [-0.2, -0.15) is 0 Å². The highest BCUT2D eigenvalue weighted by Crippen LogP contribution is 2.38. The molecule has 2 aromatic carbocycles. The summed E-state index contributed by atoms with van der Waals surface area (Å²) in [6.07, 6.45) is 3.70.